The third kappa shape index (κ3) is 4.76. The number of allylic oxidation sites excluding steroid dienone is 1. The number of hydrogen-bond acceptors (Lipinski definition) is 6. The van der Waals surface area contributed by atoms with Crippen molar-refractivity contribution in [1.82, 2.24) is 9.13 Å². The quantitative estimate of drug-likeness (QED) is 0.466. The van der Waals surface area contributed by atoms with Crippen LogP contribution in [0, 0.1) is 20.8 Å². The summed E-state index contributed by atoms with van der Waals surface area (Å²) in [5.74, 6) is -0.443. The van der Waals surface area contributed by atoms with Gasteiger partial charge in [-0.25, -0.2) is 9.79 Å². The van der Waals surface area contributed by atoms with Crippen molar-refractivity contribution in [2.75, 3.05) is 13.2 Å². The van der Waals surface area contributed by atoms with Gasteiger partial charge in [0.25, 0.3) is 5.56 Å². The van der Waals surface area contributed by atoms with Crippen LogP contribution in [0.1, 0.15) is 60.8 Å². The number of benzene rings is 1. The van der Waals surface area contributed by atoms with Gasteiger partial charge in [0, 0.05) is 24.5 Å². The smallest absolute Gasteiger partial charge is 0.338 e. The Morgan fingerprint density at radius 2 is 1.97 bits per heavy atom. The highest BCUT2D eigenvalue weighted by molar-refractivity contribution is 7.07. The molecule has 3 aromatic rings. The molecular weight excluding hydrogens is 486 g/mol. The van der Waals surface area contributed by atoms with Gasteiger partial charge in [0.2, 0.25) is 0 Å². The molecule has 5 rings (SSSR count). The molecule has 1 fully saturated rings. The summed E-state index contributed by atoms with van der Waals surface area (Å²) in [6, 6.07) is 9.44. The molecule has 2 aromatic heterocycles. The van der Waals surface area contributed by atoms with Crippen LogP contribution in [0.3, 0.4) is 0 Å². The number of rotatable bonds is 6. The molecular formula is C29H33N3O4S. The number of aryl methyl sites for hydroxylation is 2. The minimum atomic E-state index is -0.593. The Morgan fingerprint density at radius 3 is 2.65 bits per heavy atom. The molecule has 4 heterocycles. The van der Waals surface area contributed by atoms with Gasteiger partial charge in [-0.3, -0.25) is 9.36 Å². The summed E-state index contributed by atoms with van der Waals surface area (Å²) in [5.41, 5.74) is 6.04. The Bertz CT molecular complexity index is 1550. The van der Waals surface area contributed by atoms with E-state index in [1.807, 2.05) is 44.2 Å². The van der Waals surface area contributed by atoms with E-state index in [1.165, 1.54) is 11.3 Å². The van der Waals surface area contributed by atoms with Crippen molar-refractivity contribution in [3.63, 3.8) is 0 Å². The monoisotopic (exact) mass is 519 g/mol. The normalized spacial score (nSPS) is 19.8. The lowest BCUT2D eigenvalue weighted by Gasteiger charge is -2.24. The lowest BCUT2D eigenvalue weighted by atomic mass is 9.95. The van der Waals surface area contributed by atoms with Gasteiger partial charge < -0.3 is 14.0 Å². The van der Waals surface area contributed by atoms with E-state index in [9.17, 15) is 9.59 Å². The van der Waals surface area contributed by atoms with E-state index in [4.69, 9.17) is 9.47 Å². The molecule has 0 radical (unpaired) electrons. The second-order valence-corrected chi connectivity index (χ2v) is 10.8. The van der Waals surface area contributed by atoms with E-state index in [1.54, 1.807) is 11.5 Å². The molecule has 1 aromatic carbocycles. The molecule has 7 nitrogen and oxygen atoms in total. The first kappa shape index (κ1) is 25.4. The van der Waals surface area contributed by atoms with E-state index in [0.29, 0.717) is 20.6 Å². The van der Waals surface area contributed by atoms with Crippen molar-refractivity contribution < 1.29 is 14.3 Å². The van der Waals surface area contributed by atoms with Gasteiger partial charge in [0.05, 0.1) is 34.6 Å². The number of hydrogen-bond donors (Lipinski definition) is 0. The molecule has 0 N–H and O–H groups in total. The van der Waals surface area contributed by atoms with E-state index in [0.717, 1.165) is 54.1 Å². The zero-order valence-electron chi connectivity index (χ0n) is 22.0. The number of aromatic nitrogens is 2. The van der Waals surface area contributed by atoms with Crippen molar-refractivity contribution in [3.8, 4) is 0 Å². The number of esters is 1. The maximum atomic E-state index is 13.9. The highest BCUT2D eigenvalue weighted by atomic mass is 32.1. The Kier molecular flexibility index (Phi) is 7.05. The first-order valence-corrected chi connectivity index (χ1v) is 13.6. The van der Waals surface area contributed by atoms with Crippen LogP contribution in [0.2, 0.25) is 0 Å². The molecule has 2 aliphatic rings. The first-order chi connectivity index (χ1) is 17.8. The van der Waals surface area contributed by atoms with E-state index < -0.39 is 12.0 Å². The number of carbonyl (C=O) groups is 1. The zero-order valence-corrected chi connectivity index (χ0v) is 22.9. The maximum Gasteiger partial charge on any atom is 0.338 e. The van der Waals surface area contributed by atoms with Crippen LogP contribution in [0.4, 0.5) is 0 Å². The van der Waals surface area contributed by atoms with Crippen LogP contribution < -0.4 is 14.9 Å². The average Bonchev–Trinajstić information content (AvgIpc) is 3.55. The Balaban J connectivity index is 1.63. The molecule has 8 heteroatoms. The molecule has 1 saturated heterocycles. The van der Waals surface area contributed by atoms with Crippen LogP contribution in [-0.4, -0.2) is 34.4 Å². The van der Waals surface area contributed by atoms with Gasteiger partial charge in [-0.05, 0) is 70.7 Å². The number of nitrogens with zero attached hydrogens (tertiary/aromatic N) is 3. The Labute approximate surface area is 220 Å². The van der Waals surface area contributed by atoms with Crippen molar-refractivity contribution in [2.45, 2.75) is 66.2 Å². The van der Waals surface area contributed by atoms with E-state index in [2.05, 4.69) is 29.5 Å². The van der Waals surface area contributed by atoms with Gasteiger partial charge in [-0.1, -0.05) is 41.2 Å². The predicted molar refractivity (Wildman–Crippen MR) is 144 cm³/mol. The summed E-state index contributed by atoms with van der Waals surface area (Å²) in [4.78, 5) is 32.2. The predicted octanol–water partition coefficient (Wildman–Crippen LogP) is 3.70. The third-order valence-electron chi connectivity index (χ3n) is 7.22. The number of carbonyl (C=O) groups excluding carboxylic acids is 1. The Hall–Kier alpha value is -3.23. The zero-order chi connectivity index (χ0) is 26.3. The number of fused-ring (bicyclic) bond motifs is 1. The summed E-state index contributed by atoms with van der Waals surface area (Å²) in [6.07, 6.45) is 4.37. The average molecular weight is 520 g/mol. The second-order valence-electron chi connectivity index (χ2n) is 9.79. The standard InChI is InChI=1S/C29H33N3O4S/c1-6-35-28(34)25-19(4)30-29-32(26(25)21-11-9-17(2)10-12-21)27(33)24(37-29)15-22-14-18(3)31(20(22)5)16-23-8-7-13-36-23/h9-12,14-15,23,26H,6-8,13,16H2,1-5H3/b24-15-/t23-,26-/m0/s1. The van der Waals surface area contributed by atoms with Crippen LogP contribution in [-0.2, 0) is 20.8 Å². The largest absolute Gasteiger partial charge is 0.463 e. The minimum absolute atomic E-state index is 0.160. The fourth-order valence-electron chi connectivity index (χ4n) is 5.24. The summed E-state index contributed by atoms with van der Waals surface area (Å²) >= 11 is 1.35. The molecule has 0 unspecified atom stereocenters. The highest BCUT2D eigenvalue weighted by Crippen LogP contribution is 2.31. The topological polar surface area (TPSA) is 74.8 Å². The molecule has 0 spiro atoms. The van der Waals surface area contributed by atoms with Crippen molar-refractivity contribution in [2.24, 2.45) is 4.99 Å². The van der Waals surface area contributed by atoms with Gasteiger partial charge in [0.1, 0.15) is 0 Å². The van der Waals surface area contributed by atoms with Crippen LogP contribution in [0.25, 0.3) is 6.08 Å². The highest BCUT2D eigenvalue weighted by Gasteiger charge is 2.33. The van der Waals surface area contributed by atoms with E-state index >= 15 is 0 Å². The van der Waals surface area contributed by atoms with Gasteiger partial charge >= 0.3 is 5.97 Å². The fourth-order valence-corrected chi connectivity index (χ4v) is 6.28. The van der Waals surface area contributed by atoms with E-state index in [-0.39, 0.29) is 18.3 Å². The Morgan fingerprint density at radius 1 is 1.22 bits per heavy atom. The summed E-state index contributed by atoms with van der Waals surface area (Å²) in [7, 11) is 0. The number of ether oxygens (including phenoxy) is 2. The molecule has 2 atom stereocenters. The first-order valence-electron chi connectivity index (χ1n) is 12.8. The molecule has 2 aliphatic heterocycles. The molecule has 0 aliphatic carbocycles. The van der Waals surface area contributed by atoms with Crippen LogP contribution >= 0.6 is 11.3 Å². The molecule has 0 amide bonds. The summed E-state index contributed by atoms with van der Waals surface area (Å²) < 4.78 is 15.7. The summed E-state index contributed by atoms with van der Waals surface area (Å²) in [5, 5.41) is 0. The van der Waals surface area contributed by atoms with Crippen molar-refractivity contribution in [3.05, 3.63) is 89.4 Å². The number of thiazole rings is 1. The molecule has 194 valence electrons. The minimum Gasteiger partial charge on any atom is -0.463 e. The third-order valence-corrected chi connectivity index (χ3v) is 8.20. The van der Waals surface area contributed by atoms with Crippen molar-refractivity contribution in [1.29, 1.82) is 0 Å². The van der Waals surface area contributed by atoms with Gasteiger partial charge in [-0.2, -0.15) is 0 Å². The summed E-state index contributed by atoms with van der Waals surface area (Å²) in [6.45, 7) is 11.7. The SMILES string of the molecule is CCOC(=O)C1=C(C)N=c2s/c(=C\c3cc(C)n(C[C@@H]4CCCO4)c3C)c(=O)n2[C@H]1c1ccc(C)cc1. The van der Waals surface area contributed by atoms with Crippen LogP contribution in [0.5, 0.6) is 0 Å². The van der Waals surface area contributed by atoms with Crippen molar-refractivity contribution >= 4 is 23.4 Å². The lowest BCUT2D eigenvalue weighted by Crippen LogP contribution is -2.39. The van der Waals surface area contributed by atoms with Gasteiger partial charge in [-0.15, -0.1) is 0 Å². The lowest BCUT2D eigenvalue weighted by molar-refractivity contribution is -0.139. The molecule has 0 saturated carbocycles. The second kappa shape index (κ2) is 10.3. The maximum absolute atomic E-state index is 13.9. The van der Waals surface area contributed by atoms with Crippen LogP contribution in [0.15, 0.2) is 51.4 Å². The molecule has 37 heavy (non-hydrogen) atoms. The van der Waals surface area contributed by atoms with Gasteiger partial charge in [0.15, 0.2) is 4.80 Å². The fraction of sp³-hybridized carbons (Fsp3) is 0.414. The molecule has 0 bridgehead atoms.